The second-order valence-electron chi connectivity index (χ2n) is 11.8. The molecule has 182 valence electrons. The highest BCUT2D eigenvalue weighted by Gasteiger charge is 2.59. The molecule has 0 aromatic rings. The third kappa shape index (κ3) is 4.76. The van der Waals surface area contributed by atoms with Gasteiger partial charge in [0, 0.05) is 6.54 Å². The summed E-state index contributed by atoms with van der Waals surface area (Å²) in [4.78, 5) is 40.3. The Labute approximate surface area is 192 Å². The SMILES string of the molecule is COC(=O)[C@H]1[C@H](OC(=O)C2CCCN2C(=O)OC(C)(C)C)CC[C@H]2C(C)(C)CCC[C@]12C. The molecule has 1 saturated heterocycles. The van der Waals surface area contributed by atoms with Crippen LogP contribution in [0.15, 0.2) is 0 Å². The van der Waals surface area contributed by atoms with Gasteiger partial charge >= 0.3 is 18.0 Å². The Hall–Kier alpha value is -1.79. The molecule has 1 amide bonds. The first-order valence-electron chi connectivity index (χ1n) is 12.1. The number of likely N-dealkylation sites (tertiary alicyclic amines) is 1. The number of fused-ring (bicyclic) bond motifs is 1. The predicted octanol–water partition coefficient (Wildman–Crippen LogP) is 4.71. The molecular weight excluding hydrogens is 410 g/mol. The summed E-state index contributed by atoms with van der Waals surface area (Å²) in [5, 5.41) is 0. The molecule has 3 aliphatic rings. The fourth-order valence-corrected chi connectivity index (χ4v) is 6.63. The first kappa shape index (κ1) is 24.8. The zero-order chi connectivity index (χ0) is 23.9. The number of carbonyl (C=O) groups excluding carboxylic acids is 3. The lowest BCUT2D eigenvalue weighted by atomic mass is 9.48. The number of hydrogen-bond acceptors (Lipinski definition) is 6. The van der Waals surface area contributed by atoms with E-state index >= 15 is 0 Å². The number of hydrogen-bond donors (Lipinski definition) is 0. The van der Waals surface area contributed by atoms with Crippen molar-refractivity contribution >= 4 is 18.0 Å². The van der Waals surface area contributed by atoms with Crippen LogP contribution in [0, 0.1) is 22.7 Å². The Morgan fingerprint density at radius 1 is 0.938 bits per heavy atom. The first-order chi connectivity index (χ1) is 14.8. The number of carbonyl (C=O) groups is 3. The summed E-state index contributed by atoms with van der Waals surface area (Å²) >= 11 is 0. The summed E-state index contributed by atoms with van der Waals surface area (Å²) in [7, 11) is 1.41. The first-order valence-corrected chi connectivity index (χ1v) is 12.1. The average molecular weight is 452 g/mol. The van der Waals surface area contributed by atoms with E-state index < -0.39 is 35.7 Å². The van der Waals surface area contributed by atoms with Crippen LogP contribution in [0.3, 0.4) is 0 Å². The molecular formula is C25H41NO6. The van der Waals surface area contributed by atoms with Crippen molar-refractivity contribution in [2.24, 2.45) is 22.7 Å². The maximum atomic E-state index is 13.2. The zero-order valence-corrected chi connectivity index (χ0v) is 20.9. The normalized spacial score (nSPS) is 34.4. The second kappa shape index (κ2) is 8.86. The zero-order valence-electron chi connectivity index (χ0n) is 20.9. The van der Waals surface area contributed by atoms with Crippen LogP contribution < -0.4 is 0 Å². The van der Waals surface area contributed by atoms with Crippen molar-refractivity contribution < 1.29 is 28.6 Å². The molecule has 7 nitrogen and oxygen atoms in total. The van der Waals surface area contributed by atoms with Crippen molar-refractivity contribution in [2.75, 3.05) is 13.7 Å². The topological polar surface area (TPSA) is 82.1 Å². The van der Waals surface area contributed by atoms with Crippen molar-refractivity contribution in [3.05, 3.63) is 0 Å². The third-order valence-electron chi connectivity index (χ3n) is 7.97. The Balaban J connectivity index is 1.79. The molecule has 0 aromatic carbocycles. The van der Waals surface area contributed by atoms with Crippen molar-refractivity contribution in [3.63, 3.8) is 0 Å². The van der Waals surface area contributed by atoms with Crippen molar-refractivity contribution in [1.29, 1.82) is 0 Å². The largest absolute Gasteiger partial charge is 0.469 e. The van der Waals surface area contributed by atoms with Gasteiger partial charge in [-0.25, -0.2) is 9.59 Å². The summed E-state index contributed by atoms with van der Waals surface area (Å²) in [5.74, 6) is -0.869. The van der Waals surface area contributed by atoms with E-state index in [2.05, 4.69) is 20.8 Å². The summed E-state index contributed by atoms with van der Waals surface area (Å²) in [6.45, 7) is 12.6. The third-order valence-corrected chi connectivity index (χ3v) is 7.97. The molecule has 0 bridgehead atoms. The van der Waals surface area contributed by atoms with Gasteiger partial charge in [-0.15, -0.1) is 0 Å². The van der Waals surface area contributed by atoms with Crippen LogP contribution in [0.1, 0.15) is 86.5 Å². The fourth-order valence-electron chi connectivity index (χ4n) is 6.63. The highest BCUT2D eigenvalue weighted by Crippen LogP contribution is 2.60. The van der Waals surface area contributed by atoms with Crippen molar-refractivity contribution in [3.8, 4) is 0 Å². The Bertz CT molecular complexity index is 741. The summed E-state index contributed by atoms with van der Waals surface area (Å²) in [5.41, 5.74) is -0.781. The molecule has 0 aromatic heterocycles. The van der Waals surface area contributed by atoms with Crippen LogP contribution in [-0.2, 0) is 23.8 Å². The number of methoxy groups -OCH3 is 1. The van der Waals surface area contributed by atoms with Crippen molar-refractivity contribution in [2.45, 2.75) is 104 Å². The summed E-state index contributed by atoms with van der Waals surface area (Å²) in [6.07, 6.45) is 4.88. The molecule has 7 heteroatoms. The minimum absolute atomic E-state index is 0.132. The van der Waals surface area contributed by atoms with Crippen LogP contribution in [0.4, 0.5) is 4.79 Å². The quantitative estimate of drug-likeness (QED) is 0.456. The maximum absolute atomic E-state index is 13.2. The Morgan fingerprint density at radius 3 is 2.25 bits per heavy atom. The van der Waals surface area contributed by atoms with Gasteiger partial charge in [-0.2, -0.15) is 0 Å². The molecule has 1 aliphatic heterocycles. The number of amides is 1. The lowest BCUT2D eigenvalue weighted by Gasteiger charge is -2.57. The van der Waals surface area contributed by atoms with Gasteiger partial charge in [-0.3, -0.25) is 9.69 Å². The van der Waals surface area contributed by atoms with E-state index in [0.717, 1.165) is 32.1 Å². The van der Waals surface area contributed by atoms with Crippen LogP contribution in [-0.4, -0.2) is 54.3 Å². The average Bonchev–Trinajstić information content (AvgIpc) is 3.15. The molecule has 0 radical (unpaired) electrons. The summed E-state index contributed by atoms with van der Waals surface area (Å²) in [6, 6.07) is -0.670. The molecule has 3 rings (SSSR count). The monoisotopic (exact) mass is 451 g/mol. The molecule has 1 heterocycles. The molecule has 5 atom stereocenters. The smallest absolute Gasteiger partial charge is 0.411 e. The van der Waals surface area contributed by atoms with Gasteiger partial charge in [0.1, 0.15) is 17.7 Å². The van der Waals surface area contributed by atoms with Gasteiger partial charge in [0.15, 0.2) is 0 Å². The van der Waals surface area contributed by atoms with Crippen LogP contribution in [0.5, 0.6) is 0 Å². The number of rotatable bonds is 3. The molecule has 0 N–H and O–H groups in total. The lowest BCUT2D eigenvalue weighted by Crippen LogP contribution is -2.57. The van der Waals surface area contributed by atoms with E-state index in [4.69, 9.17) is 14.2 Å². The van der Waals surface area contributed by atoms with Crippen LogP contribution in [0.25, 0.3) is 0 Å². The second-order valence-corrected chi connectivity index (χ2v) is 11.8. The van der Waals surface area contributed by atoms with Gasteiger partial charge in [0.05, 0.1) is 13.0 Å². The Kier molecular flexibility index (Phi) is 6.88. The maximum Gasteiger partial charge on any atom is 0.411 e. The van der Waals surface area contributed by atoms with E-state index in [1.54, 1.807) is 20.8 Å². The predicted molar refractivity (Wildman–Crippen MR) is 120 cm³/mol. The van der Waals surface area contributed by atoms with Gasteiger partial charge in [-0.1, -0.05) is 27.2 Å². The number of esters is 2. The fraction of sp³-hybridized carbons (Fsp3) is 0.880. The van der Waals surface area contributed by atoms with E-state index in [-0.39, 0.29) is 16.8 Å². The minimum Gasteiger partial charge on any atom is -0.469 e. The van der Waals surface area contributed by atoms with E-state index in [0.29, 0.717) is 25.3 Å². The van der Waals surface area contributed by atoms with Gasteiger partial charge < -0.3 is 14.2 Å². The van der Waals surface area contributed by atoms with E-state index in [1.807, 2.05) is 0 Å². The highest BCUT2D eigenvalue weighted by molar-refractivity contribution is 5.83. The highest BCUT2D eigenvalue weighted by atomic mass is 16.6. The molecule has 2 aliphatic carbocycles. The molecule has 3 fully saturated rings. The molecule has 2 saturated carbocycles. The van der Waals surface area contributed by atoms with Crippen LogP contribution in [0.2, 0.25) is 0 Å². The standard InChI is InChI=1S/C25H41NO6/c1-23(2,3)32-22(29)26-15-8-10-16(26)20(27)31-17-11-12-18-24(4,5)13-9-14-25(18,6)19(17)21(28)30-7/h16-19H,8-15H2,1-7H3/t16?,17-,18+,19-,25+/m1/s1. The molecule has 1 unspecified atom stereocenters. The van der Waals surface area contributed by atoms with Gasteiger partial charge in [-0.05, 0) is 76.0 Å². The van der Waals surface area contributed by atoms with Crippen molar-refractivity contribution in [1.82, 2.24) is 4.90 Å². The number of nitrogens with zero attached hydrogens (tertiary/aromatic N) is 1. The number of ether oxygens (including phenoxy) is 3. The van der Waals surface area contributed by atoms with Gasteiger partial charge in [0.2, 0.25) is 0 Å². The molecule has 0 spiro atoms. The van der Waals surface area contributed by atoms with Gasteiger partial charge in [0.25, 0.3) is 0 Å². The van der Waals surface area contributed by atoms with E-state index in [1.165, 1.54) is 12.0 Å². The van der Waals surface area contributed by atoms with E-state index in [9.17, 15) is 14.4 Å². The summed E-state index contributed by atoms with van der Waals surface area (Å²) < 4.78 is 16.7. The van der Waals surface area contributed by atoms with Crippen LogP contribution >= 0.6 is 0 Å². The molecule has 32 heavy (non-hydrogen) atoms. The minimum atomic E-state index is -0.670. The Morgan fingerprint density at radius 2 is 1.62 bits per heavy atom. The lowest BCUT2D eigenvalue weighted by molar-refractivity contribution is -0.189.